The van der Waals surface area contributed by atoms with Crippen molar-refractivity contribution in [2.75, 3.05) is 31.2 Å². The van der Waals surface area contributed by atoms with Gasteiger partial charge in [0.15, 0.2) is 0 Å². The van der Waals surface area contributed by atoms with Crippen molar-refractivity contribution >= 4 is 17.4 Å². The van der Waals surface area contributed by atoms with Crippen LogP contribution in [-0.4, -0.2) is 47.6 Å². The number of nitrogens with zero attached hydrogens (tertiary/aromatic N) is 2. The van der Waals surface area contributed by atoms with Gasteiger partial charge in [-0.15, -0.1) is 0 Å². The van der Waals surface area contributed by atoms with Crippen LogP contribution in [0.1, 0.15) is 18.5 Å². The van der Waals surface area contributed by atoms with Crippen molar-refractivity contribution in [2.24, 2.45) is 0 Å². The summed E-state index contributed by atoms with van der Waals surface area (Å²) in [6.07, 6.45) is 2.05. The van der Waals surface area contributed by atoms with E-state index in [9.17, 15) is 5.11 Å². The lowest BCUT2D eigenvalue weighted by molar-refractivity contribution is 0.0158. The van der Waals surface area contributed by atoms with Crippen LogP contribution in [0.3, 0.4) is 0 Å². The van der Waals surface area contributed by atoms with Gasteiger partial charge in [0, 0.05) is 13.1 Å². The Morgan fingerprint density at radius 3 is 2.68 bits per heavy atom. The molecule has 0 amide bonds. The van der Waals surface area contributed by atoms with Crippen LogP contribution in [0.25, 0.3) is 0 Å². The fraction of sp³-hybridized carbons (Fsp3) is 0.615. The molecule has 1 aliphatic heterocycles. The number of anilines is 1. The van der Waals surface area contributed by atoms with E-state index in [2.05, 4.69) is 9.88 Å². The minimum absolute atomic E-state index is 0.0683. The van der Waals surface area contributed by atoms with Crippen molar-refractivity contribution in [3.8, 4) is 0 Å². The van der Waals surface area contributed by atoms with E-state index in [0.29, 0.717) is 17.3 Å². The second kappa shape index (κ2) is 7.05. The molecule has 2 heterocycles. The summed E-state index contributed by atoms with van der Waals surface area (Å²) in [4.78, 5) is 6.53. The van der Waals surface area contributed by atoms with Crippen LogP contribution in [0, 0.1) is 0 Å². The van der Waals surface area contributed by atoms with Gasteiger partial charge in [-0.2, -0.15) is 0 Å². The average Bonchev–Trinajstić information content (AvgIpc) is 2.46. The van der Waals surface area contributed by atoms with E-state index < -0.39 is 0 Å². The normalized spacial score (nSPS) is 16.9. The molecule has 6 heteroatoms. The second-order valence-corrected chi connectivity index (χ2v) is 4.94. The molecule has 1 aromatic heterocycles. The number of ether oxygens (including phenoxy) is 1. The molecule has 1 fully saturated rings. The van der Waals surface area contributed by atoms with E-state index >= 15 is 0 Å². The van der Waals surface area contributed by atoms with Gasteiger partial charge in [-0.25, -0.2) is 4.98 Å². The monoisotopic (exact) mass is 286 g/mol. The Morgan fingerprint density at radius 1 is 1.32 bits per heavy atom. The highest BCUT2D eigenvalue weighted by Gasteiger charge is 2.20. The van der Waals surface area contributed by atoms with Gasteiger partial charge in [-0.1, -0.05) is 11.6 Å². The Balaban J connectivity index is 1.94. The van der Waals surface area contributed by atoms with Gasteiger partial charge >= 0.3 is 0 Å². The van der Waals surface area contributed by atoms with Crippen LogP contribution in [0.4, 0.5) is 5.82 Å². The third-order valence-electron chi connectivity index (χ3n) is 3.26. The van der Waals surface area contributed by atoms with Crippen molar-refractivity contribution in [1.29, 1.82) is 0 Å². The minimum atomic E-state index is -0.150. The number of aliphatic hydroxyl groups excluding tert-OH is 2. The lowest BCUT2D eigenvalue weighted by Crippen LogP contribution is -2.37. The summed E-state index contributed by atoms with van der Waals surface area (Å²) in [7, 11) is 0. The molecule has 0 aliphatic carbocycles. The fourth-order valence-electron chi connectivity index (χ4n) is 2.23. The first-order chi connectivity index (χ1) is 9.24. The van der Waals surface area contributed by atoms with Crippen LogP contribution in [0.15, 0.2) is 12.1 Å². The lowest BCUT2D eigenvalue weighted by atomic mass is 10.1. The first-order valence-electron chi connectivity index (χ1n) is 6.48. The number of piperidine rings is 1. The summed E-state index contributed by atoms with van der Waals surface area (Å²) in [6, 6.07) is 3.64. The zero-order valence-corrected chi connectivity index (χ0v) is 11.5. The summed E-state index contributed by atoms with van der Waals surface area (Å²) in [5, 5.41) is 18.4. The quantitative estimate of drug-likeness (QED) is 0.852. The summed E-state index contributed by atoms with van der Waals surface area (Å²) in [5.41, 5.74) is 0.512. The van der Waals surface area contributed by atoms with E-state index in [0.717, 1.165) is 31.7 Å². The van der Waals surface area contributed by atoms with Crippen LogP contribution in [0.2, 0.25) is 5.02 Å². The topological polar surface area (TPSA) is 65.8 Å². The summed E-state index contributed by atoms with van der Waals surface area (Å²) in [6.45, 7) is 2.03. The highest BCUT2D eigenvalue weighted by molar-refractivity contribution is 6.31. The van der Waals surface area contributed by atoms with Crippen molar-refractivity contribution in [2.45, 2.75) is 25.6 Å². The average molecular weight is 287 g/mol. The number of pyridine rings is 1. The maximum absolute atomic E-state index is 9.17. The van der Waals surface area contributed by atoms with E-state index in [1.54, 1.807) is 6.07 Å². The largest absolute Gasteiger partial charge is 0.394 e. The first kappa shape index (κ1) is 14.5. The molecule has 0 radical (unpaired) electrons. The van der Waals surface area contributed by atoms with Gasteiger partial charge in [0.25, 0.3) is 0 Å². The van der Waals surface area contributed by atoms with Crippen LogP contribution >= 0.6 is 11.6 Å². The van der Waals surface area contributed by atoms with E-state index in [1.165, 1.54) is 0 Å². The van der Waals surface area contributed by atoms with Gasteiger partial charge in [-0.05, 0) is 25.0 Å². The van der Waals surface area contributed by atoms with Crippen LogP contribution in [-0.2, 0) is 11.3 Å². The smallest absolute Gasteiger partial charge is 0.129 e. The van der Waals surface area contributed by atoms with E-state index in [1.807, 2.05) is 6.07 Å². The highest BCUT2D eigenvalue weighted by atomic mass is 35.5. The minimum Gasteiger partial charge on any atom is -0.394 e. The standard InChI is InChI=1S/C13H19ClN2O3/c14-11-1-2-13(15-12(11)9-18)16-5-3-10(4-6-16)19-8-7-17/h1-2,10,17-18H,3-9H2. The maximum Gasteiger partial charge on any atom is 0.129 e. The Bertz CT molecular complexity index is 409. The molecular weight excluding hydrogens is 268 g/mol. The molecule has 0 saturated carbocycles. The Kier molecular flexibility index (Phi) is 5.39. The third kappa shape index (κ3) is 3.79. The maximum atomic E-state index is 9.17. The van der Waals surface area contributed by atoms with Crippen molar-refractivity contribution in [3.63, 3.8) is 0 Å². The van der Waals surface area contributed by atoms with Crippen molar-refractivity contribution < 1.29 is 14.9 Å². The summed E-state index contributed by atoms with van der Waals surface area (Å²) < 4.78 is 5.52. The van der Waals surface area contributed by atoms with E-state index in [4.69, 9.17) is 21.4 Å². The SMILES string of the molecule is OCCOC1CCN(c2ccc(Cl)c(CO)n2)CC1. The molecule has 1 aliphatic rings. The molecule has 0 bridgehead atoms. The van der Waals surface area contributed by atoms with Crippen LogP contribution in [0.5, 0.6) is 0 Å². The summed E-state index contributed by atoms with van der Waals surface area (Å²) >= 11 is 5.93. The zero-order chi connectivity index (χ0) is 13.7. The zero-order valence-electron chi connectivity index (χ0n) is 10.8. The van der Waals surface area contributed by atoms with Crippen molar-refractivity contribution in [3.05, 3.63) is 22.8 Å². The first-order valence-corrected chi connectivity index (χ1v) is 6.86. The predicted octanol–water partition coefficient (Wildman–Crippen LogP) is 1.21. The lowest BCUT2D eigenvalue weighted by Gasteiger charge is -2.32. The number of halogens is 1. The van der Waals surface area contributed by atoms with Gasteiger partial charge in [-0.3, -0.25) is 0 Å². The molecule has 0 aromatic carbocycles. The number of hydrogen-bond acceptors (Lipinski definition) is 5. The molecule has 0 spiro atoms. The Morgan fingerprint density at radius 2 is 2.05 bits per heavy atom. The fourth-order valence-corrected chi connectivity index (χ4v) is 2.40. The molecule has 0 atom stereocenters. The molecule has 1 saturated heterocycles. The molecule has 2 rings (SSSR count). The number of hydrogen-bond donors (Lipinski definition) is 2. The van der Waals surface area contributed by atoms with E-state index in [-0.39, 0.29) is 19.3 Å². The molecule has 0 unspecified atom stereocenters. The van der Waals surface area contributed by atoms with Gasteiger partial charge < -0.3 is 19.8 Å². The Hall–Kier alpha value is -0.880. The summed E-state index contributed by atoms with van der Waals surface area (Å²) in [5.74, 6) is 0.842. The molecule has 5 nitrogen and oxygen atoms in total. The van der Waals surface area contributed by atoms with Crippen molar-refractivity contribution in [1.82, 2.24) is 4.98 Å². The molecule has 19 heavy (non-hydrogen) atoms. The molecule has 1 aromatic rings. The Labute approximate surface area is 117 Å². The predicted molar refractivity (Wildman–Crippen MR) is 73.4 cm³/mol. The molecule has 106 valence electrons. The second-order valence-electron chi connectivity index (χ2n) is 4.54. The highest BCUT2D eigenvalue weighted by Crippen LogP contribution is 2.23. The van der Waals surface area contributed by atoms with Gasteiger partial charge in [0.2, 0.25) is 0 Å². The van der Waals surface area contributed by atoms with Gasteiger partial charge in [0.1, 0.15) is 5.82 Å². The molecule has 2 N–H and O–H groups in total. The van der Waals surface area contributed by atoms with Gasteiger partial charge in [0.05, 0.1) is 36.6 Å². The number of aliphatic hydroxyl groups is 2. The number of aromatic nitrogens is 1. The van der Waals surface area contributed by atoms with Crippen LogP contribution < -0.4 is 4.90 Å². The molecular formula is C13H19ClN2O3. The third-order valence-corrected chi connectivity index (χ3v) is 3.61. The number of rotatable bonds is 5.